The minimum Gasteiger partial charge on any atom is -0.481 e. The molecule has 9 atom stereocenters. The Morgan fingerprint density at radius 2 is 1.68 bits per heavy atom. The fourth-order valence-electron chi connectivity index (χ4n) is 13.1. The Hall–Kier alpha value is -3.07. The SMILES string of the molecule is CC(C)C1=C2[C@H]3CC[C@@H]4[C@@]5(C)CC[C@H](OC(=O)CC(C)(C)C(=O)O)C(C)(C)[C@@H]5CC[C@@]4(C)[C@]3(C)CCC2(C(O)CN(C)C(=O)c2cccnc2)CC1=O. The Balaban J connectivity index is 1.28. The van der Waals surface area contributed by atoms with Gasteiger partial charge in [-0.3, -0.25) is 24.2 Å². The molecule has 0 saturated heterocycles. The van der Waals surface area contributed by atoms with Crippen LogP contribution in [0.15, 0.2) is 35.7 Å². The molecule has 4 fully saturated rings. The van der Waals surface area contributed by atoms with Crippen molar-refractivity contribution in [1.82, 2.24) is 9.88 Å². The Labute approximate surface area is 316 Å². The monoisotopic (exact) mass is 732 g/mol. The molecule has 9 heteroatoms. The number of fused-ring (bicyclic) bond motifs is 7. The summed E-state index contributed by atoms with van der Waals surface area (Å²) in [4.78, 5) is 58.0. The van der Waals surface area contributed by atoms with Crippen LogP contribution >= 0.6 is 0 Å². The van der Waals surface area contributed by atoms with Crippen molar-refractivity contribution in [2.75, 3.05) is 13.6 Å². The lowest BCUT2D eigenvalue weighted by atomic mass is 9.33. The van der Waals surface area contributed by atoms with Crippen molar-refractivity contribution in [3.63, 3.8) is 0 Å². The van der Waals surface area contributed by atoms with Gasteiger partial charge in [-0.25, -0.2) is 0 Å². The number of allylic oxidation sites excluding steroid dienone is 1. The number of Topliss-reactive ketones (excluding diaryl/α,β-unsaturated/α-hetero) is 1. The number of ketones is 1. The summed E-state index contributed by atoms with van der Waals surface area (Å²) in [5, 5.41) is 21.9. The molecule has 53 heavy (non-hydrogen) atoms. The van der Waals surface area contributed by atoms with Gasteiger partial charge >= 0.3 is 11.9 Å². The van der Waals surface area contributed by atoms with E-state index in [1.54, 1.807) is 50.3 Å². The number of ether oxygens (including phenoxy) is 1. The molecular weight excluding hydrogens is 668 g/mol. The highest BCUT2D eigenvalue weighted by molar-refractivity contribution is 6.01. The predicted molar refractivity (Wildman–Crippen MR) is 203 cm³/mol. The lowest BCUT2D eigenvalue weighted by Crippen LogP contribution is -2.66. The van der Waals surface area contributed by atoms with Crippen molar-refractivity contribution in [3.05, 3.63) is 41.2 Å². The zero-order valence-corrected chi connectivity index (χ0v) is 33.9. The lowest BCUT2D eigenvalue weighted by molar-refractivity contribution is -0.235. The van der Waals surface area contributed by atoms with Crippen molar-refractivity contribution in [2.24, 2.45) is 56.2 Å². The number of aliphatic carboxylic acids is 1. The highest BCUT2D eigenvalue weighted by Crippen LogP contribution is 2.77. The average molecular weight is 733 g/mol. The molecule has 4 saturated carbocycles. The van der Waals surface area contributed by atoms with Gasteiger partial charge in [0, 0.05) is 43.2 Å². The largest absolute Gasteiger partial charge is 0.481 e. The second kappa shape index (κ2) is 13.3. The van der Waals surface area contributed by atoms with Crippen LogP contribution in [-0.4, -0.2) is 69.5 Å². The summed E-state index contributed by atoms with van der Waals surface area (Å²) >= 11 is 0. The Bertz CT molecular complexity index is 1680. The van der Waals surface area contributed by atoms with Gasteiger partial charge in [-0.05, 0) is 123 Å². The van der Waals surface area contributed by atoms with Gasteiger partial charge in [0.25, 0.3) is 5.91 Å². The van der Waals surface area contributed by atoms with Gasteiger partial charge in [0.05, 0.1) is 23.5 Å². The van der Waals surface area contributed by atoms with Crippen molar-refractivity contribution >= 4 is 23.6 Å². The third-order valence-electron chi connectivity index (χ3n) is 16.2. The van der Waals surface area contributed by atoms with E-state index in [9.17, 15) is 29.4 Å². The van der Waals surface area contributed by atoms with Crippen LogP contribution in [0.3, 0.4) is 0 Å². The summed E-state index contributed by atoms with van der Waals surface area (Å²) in [7, 11) is 1.73. The van der Waals surface area contributed by atoms with E-state index in [1.165, 1.54) is 5.57 Å². The topological polar surface area (TPSA) is 134 Å². The molecule has 2 N–H and O–H groups in total. The van der Waals surface area contributed by atoms with E-state index in [-0.39, 0.29) is 64.3 Å². The molecule has 0 spiro atoms. The summed E-state index contributed by atoms with van der Waals surface area (Å²) in [5.41, 5.74) is 0.381. The predicted octanol–water partition coefficient (Wildman–Crippen LogP) is 7.91. The highest BCUT2D eigenvalue weighted by Gasteiger charge is 2.71. The Morgan fingerprint density at radius 3 is 2.30 bits per heavy atom. The zero-order chi connectivity index (χ0) is 39.1. The van der Waals surface area contributed by atoms with E-state index in [0.717, 1.165) is 50.5 Å². The van der Waals surface area contributed by atoms with Crippen molar-refractivity contribution in [3.8, 4) is 0 Å². The van der Waals surface area contributed by atoms with Gasteiger partial charge in [-0.15, -0.1) is 0 Å². The van der Waals surface area contributed by atoms with Crippen LogP contribution in [0, 0.1) is 56.2 Å². The van der Waals surface area contributed by atoms with Crippen LogP contribution in [0.25, 0.3) is 0 Å². The van der Waals surface area contributed by atoms with Gasteiger partial charge < -0.3 is 19.8 Å². The molecule has 0 aromatic carbocycles. The minimum absolute atomic E-state index is 0.00280. The fourth-order valence-corrected chi connectivity index (χ4v) is 13.1. The van der Waals surface area contributed by atoms with E-state index in [0.29, 0.717) is 30.2 Å². The number of rotatable bonds is 9. The molecule has 1 aromatic rings. The first kappa shape index (κ1) is 39.6. The zero-order valence-electron chi connectivity index (χ0n) is 33.9. The first-order valence-electron chi connectivity index (χ1n) is 20.1. The first-order chi connectivity index (χ1) is 24.6. The van der Waals surface area contributed by atoms with Gasteiger partial charge in [0.1, 0.15) is 6.10 Å². The van der Waals surface area contributed by atoms with Gasteiger partial charge in [0.2, 0.25) is 0 Å². The summed E-state index contributed by atoms with van der Waals surface area (Å²) in [6.07, 6.45) is 9.57. The number of likely N-dealkylation sites (N-methyl/N-ethyl adjacent to an activating group) is 1. The number of amides is 1. The van der Waals surface area contributed by atoms with Crippen molar-refractivity contribution < 1.29 is 34.1 Å². The summed E-state index contributed by atoms with van der Waals surface area (Å²) in [6.45, 7) is 19.5. The molecule has 292 valence electrons. The average Bonchev–Trinajstić information content (AvgIpc) is 3.39. The molecule has 1 amide bonds. The number of nitrogens with zero attached hydrogens (tertiary/aromatic N) is 2. The minimum atomic E-state index is -1.18. The summed E-state index contributed by atoms with van der Waals surface area (Å²) in [6, 6.07) is 3.48. The molecule has 5 aliphatic carbocycles. The number of carbonyl (C=O) groups excluding carboxylic acids is 3. The Kier molecular flexibility index (Phi) is 9.94. The smallest absolute Gasteiger partial charge is 0.309 e. The van der Waals surface area contributed by atoms with E-state index in [1.807, 2.05) is 0 Å². The lowest BCUT2D eigenvalue weighted by Gasteiger charge is -2.72. The number of esters is 1. The fraction of sp³-hybridized carbons (Fsp3) is 0.750. The van der Waals surface area contributed by atoms with Crippen LogP contribution in [-0.2, 0) is 19.1 Å². The molecule has 0 aliphatic heterocycles. The number of aromatic nitrogens is 1. The van der Waals surface area contributed by atoms with E-state index < -0.39 is 28.9 Å². The van der Waals surface area contributed by atoms with Gasteiger partial charge in [-0.2, -0.15) is 0 Å². The third kappa shape index (κ3) is 6.01. The number of hydrogen-bond donors (Lipinski definition) is 2. The molecule has 1 heterocycles. The van der Waals surface area contributed by atoms with Crippen LogP contribution in [0.4, 0.5) is 0 Å². The quantitative estimate of drug-likeness (QED) is 0.245. The standard InChI is InChI=1S/C44H64N2O7/c1-26(2)35-29(47)22-44(32(48)25-46(10)37(50)27-12-11-21-45-24-27)20-19-42(8)28(36(35)44)13-14-31-41(7)17-16-33(53-34(49)23-39(3,4)38(51)52)40(5,6)30(41)15-18-43(31,42)9/h11-12,21,24,26,28,30-33,48H,13-20,22-23,25H2,1-10H3,(H,51,52)/t28-,30+,31-,32?,33+,41+,42-,43-,44?/m1/s1. The van der Waals surface area contributed by atoms with Crippen LogP contribution < -0.4 is 0 Å². The van der Waals surface area contributed by atoms with E-state index in [2.05, 4.69) is 53.5 Å². The number of aliphatic hydroxyl groups is 1. The van der Waals surface area contributed by atoms with E-state index in [4.69, 9.17) is 4.74 Å². The number of aliphatic hydroxyl groups excluding tert-OH is 1. The molecule has 0 radical (unpaired) electrons. The maximum Gasteiger partial charge on any atom is 0.309 e. The Morgan fingerprint density at radius 1 is 0.981 bits per heavy atom. The summed E-state index contributed by atoms with van der Waals surface area (Å²) in [5.74, 6) is -0.488. The molecular formula is C44H64N2O7. The van der Waals surface area contributed by atoms with Gasteiger partial charge in [0.15, 0.2) is 5.78 Å². The number of pyridine rings is 1. The molecule has 6 rings (SSSR count). The molecule has 1 aromatic heterocycles. The highest BCUT2D eigenvalue weighted by atomic mass is 16.5. The van der Waals surface area contributed by atoms with Gasteiger partial charge in [-0.1, -0.05) is 54.0 Å². The van der Waals surface area contributed by atoms with Crippen LogP contribution in [0.5, 0.6) is 0 Å². The molecule has 5 aliphatic rings. The second-order valence-electron chi connectivity index (χ2n) is 20.0. The second-order valence-corrected chi connectivity index (χ2v) is 20.0. The number of carbonyl (C=O) groups is 4. The first-order valence-corrected chi connectivity index (χ1v) is 20.1. The van der Waals surface area contributed by atoms with Crippen molar-refractivity contribution in [1.29, 1.82) is 0 Å². The summed E-state index contributed by atoms with van der Waals surface area (Å²) < 4.78 is 6.15. The molecule has 0 bridgehead atoms. The van der Waals surface area contributed by atoms with Crippen LogP contribution in [0.2, 0.25) is 0 Å². The van der Waals surface area contributed by atoms with Crippen LogP contribution in [0.1, 0.15) is 137 Å². The molecule has 9 nitrogen and oxygen atoms in total. The third-order valence-corrected chi connectivity index (χ3v) is 16.2. The number of carboxylic acid groups (broad SMARTS) is 1. The van der Waals surface area contributed by atoms with Crippen molar-refractivity contribution in [2.45, 2.75) is 139 Å². The number of hydrogen-bond acceptors (Lipinski definition) is 7. The molecule has 2 unspecified atom stereocenters. The normalized spacial score (nSPS) is 36.9. The van der Waals surface area contributed by atoms with E-state index >= 15 is 0 Å². The maximum absolute atomic E-state index is 14.1. The maximum atomic E-state index is 14.1. The number of carboxylic acids is 1.